The molecular formula is C28H28N6. The molecule has 1 aliphatic rings. The number of hydrogen-bond donors (Lipinski definition) is 1. The van der Waals surface area contributed by atoms with Gasteiger partial charge in [-0.2, -0.15) is 0 Å². The summed E-state index contributed by atoms with van der Waals surface area (Å²) < 4.78 is 0. The molecule has 1 aromatic carbocycles. The Balaban J connectivity index is 1.52. The number of aliphatic imine (C=N–C) groups is 1. The van der Waals surface area contributed by atoms with Crippen LogP contribution in [0.2, 0.25) is 0 Å². The van der Waals surface area contributed by atoms with Gasteiger partial charge in [0.2, 0.25) is 0 Å². The van der Waals surface area contributed by atoms with Gasteiger partial charge in [0.1, 0.15) is 0 Å². The SMILES string of the molecule is CN1CCC(N=CC(=CN)c2cncc(-c3cc(-c4ccccc4)nc4ncccc34)c2)CC1. The predicted octanol–water partition coefficient (Wildman–Crippen LogP) is 4.82. The molecule has 4 heterocycles. The fraction of sp³-hybridized carbons (Fsp3) is 0.214. The molecule has 0 aliphatic carbocycles. The number of fused-ring (bicyclic) bond motifs is 1. The molecule has 5 rings (SSSR count). The average molecular weight is 449 g/mol. The zero-order chi connectivity index (χ0) is 23.3. The molecule has 1 saturated heterocycles. The van der Waals surface area contributed by atoms with Crippen molar-refractivity contribution < 1.29 is 0 Å². The molecular weight excluding hydrogens is 420 g/mol. The second-order valence-electron chi connectivity index (χ2n) is 8.69. The molecule has 1 aliphatic heterocycles. The molecule has 0 atom stereocenters. The fourth-order valence-corrected chi connectivity index (χ4v) is 4.34. The van der Waals surface area contributed by atoms with Crippen molar-refractivity contribution in [1.29, 1.82) is 0 Å². The smallest absolute Gasteiger partial charge is 0.160 e. The third-order valence-electron chi connectivity index (χ3n) is 6.33. The maximum Gasteiger partial charge on any atom is 0.160 e. The first kappa shape index (κ1) is 21.9. The lowest BCUT2D eigenvalue weighted by Gasteiger charge is -2.26. The summed E-state index contributed by atoms with van der Waals surface area (Å²) >= 11 is 0. The maximum atomic E-state index is 6.01. The van der Waals surface area contributed by atoms with Crippen molar-refractivity contribution in [2.45, 2.75) is 18.9 Å². The lowest BCUT2D eigenvalue weighted by atomic mass is 9.98. The van der Waals surface area contributed by atoms with Crippen molar-refractivity contribution >= 4 is 22.8 Å². The highest BCUT2D eigenvalue weighted by atomic mass is 15.1. The number of piperidine rings is 1. The molecule has 170 valence electrons. The van der Waals surface area contributed by atoms with Crippen LogP contribution in [0.1, 0.15) is 18.4 Å². The zero-order valence-electron chi connectivity index (χ0n) is 19.3. The third kappa shape index (κ3) is 4.72. The maximum absolute atomic E-state index is 6.01. The van der Waals surface area contributed by atoms with E-state index in [1.165, 1.54) is 0 Å². The fourth-order valence-electron chi connectivity index (χ4n) is 4.34. The number of likely N-dealkylation sites (tertiary alicyclic amines) is 1. The van der Waals surface area contributed by atoms with E-state index in [0.717, 1.165) is 64.8 Å². The van der Waals surface area contributed by atoms with Crippen LogP contribution in [0.4, 0.5) is 0 Å². The Morgan fingerprint density at radius 1 is 1.03 bits per heavy atom. The van der Waals surface area contributed by atoms with E-state index < -0.39 is 0 Å². The van der Waals surface area contributed by atoms with Gasteiger partial charge in [-0.1, -0.05) is 30.3 Å². The molecule has 6 nitrogen and oxygen atoms in total. The molecule has 2 N–H and O–H groups in total. The first-order valence-electron chi connectivity index (χ1n) is 11.6. The predicted molar refractivity (Wildman–Crippen MR) is 139 cm³/mol. The minimum Gasteiger partial charge on any atom is -0.404 e. The lowest BCUT2D eigenvalue weighted by molar-refractivity contribution is 0.257. The summed E-state index contributed by atoms with van der Waals surface area (Å²) in [4.78, 5) is 21.0. The Morgan fingerprint density at radius 3 is 2.65 bits per heavy atom. The highest BCUT2D eigenvalue weighted by molar-refractivity contribution is 6.10. The van der Waals surface area contributed by atoms with Crippen LogP contribution < -0.4 is 5.73 Å². The van der Waals surface area contributed by atoms with Crippen molar-refractivity contribution in [2.24, 2.45) is 10.7 Å². The van der Waals surface area contributed by atoms with E-state index in [1.54, 1.807) is 12.4 Å². The van der Waals surface area contributed by atoms with E-state index in [1.807, 2.05) is 48.9 Å². The molecule has 34 heavy (non-hydrogen) atoms. The van der Waals surface area contributed by atoms with Gasteiger partial charge in [0.05, 0.1) is 11.7 Å². The van der Waals surface area contributed by atoms with E-state index in [4.69, 9.17) is 15.7 Å². The van der Waals surface area contributed by atoms with E-state index in [-0.39, 0.29) is 0 Å². The number of nitrogens with zero attached hydrogens (tertiary/aromatic N) is 5. The first-order valence-corrected chi connectivity index (χ1v) is 11.6. The van der Waals surface area contributed by atoms with Crippen molar-refractivity contribution in [2.75, 3.05) is 20.1 Å². The van der Waals surface area contributed by atoms with Crippen molar-refractivity contribution in [3.63, 3.8) is 0 Å². The van der Waals surface area contributed by atoms with Gasteiger partial charge in [-0.05, 0) is 62.8 Å². The minimum atomic E-state index is 0.339. The van der Waals surface area contributed by atoms with Crippen LogP contribution in [0.5, 0.6) is 0 Å². The van der Waals surface area contributed by atoms with E-state index in [9.17, 15) is 0 Å². The molecule has 4 aromatic rings. The second kappa shape index (κ2) is 9.93. The minimum absolute atomic E-state index is 0.339. The van der Waals surface area contributed by atoms with Gasteiger partial charge in [-0.3, -0.25) is 9.98 Å². The van der Waals surface area contributed by atoms with Crippen LogP contribution >= 0.6 is 0 Å². The highest BCUT2D eigenvalue weighted by Crippen LogP contribution is 2.32. The van der Waals surface area contributed by atoms with Crippen molar-refractivity contribution in [3.05, 3.63) is 85.0 Å². The summed E-state index contributed by atoms with van der Waals surface area (Å²) in [7, 11) is 2.16. The van der Waals surface area contributed by atoms with Gasteiger partial charge < -0.3 is 10.6 Å². The van der Waals surface area contributed by atoms with Gasteiger partial charge in [0.25, 0.3) is 0 Å². The Bertz CT molecular complexity index is 1340. The van der Waals surface area contributed by atoms with Crippen LogP contribution in [-0.2, 0) is 0 Å². The molecule has 3 aromatic heterocycles. The van der Waals surface area contributed by atoms with E-state index in [0.29, 0.717) is 11.7 Å². The Kier molecular flexibility index (Phi) is 6.40. The number of pyridine rings is 3. The van der Waals surface area contributed by atoms with Crippen LogP contribution in [0.25, 0.3) is 39.0 Å². The summed E-state index contributed by atoms with van der Waals surface area (Å²) in [5.41, 5.74) is 12.5. The monoisotopic (exact) mass is 448 g/mol. The Morgan fingerprint density at radius 2 is 1.85 bits per heavy atom. The standard InChI is InChI=1S/C28H28N6/c1-34-12-9-24(10-13-34)32-19-23(16-29)21-14-22(18-30-17-21)26-15-27(20-6-3-2-4-7-20)33-28-25(26)8-5-11-31-28/h2-8,11,14-19,24H,9-10,12-13,29H2,1H3. The van der Waals surface area contributed by atoms with Gasteiger partial charge >= 0.3 is 0 Å². The molecule has 0 amide bonds. The Labute approximate surface area is 199 Å². The quantitative estimate of drug-likeness (QED) is 0.443. The zero-order valence-corrected chi connectivity index (χ0v) is 19.3. The summed E-state index contributed by atoms with van der Waals surface area (Å²) in [5, 5.41) is 0.986. The van der Waals surface area contributed by atoms with Crippen LogP contribution in [0.3, 0.4) is 0 Å². The number of nitrogens with two attached hydrogens (primary N) is 1. The number of rotatable bonds is 5. The highest BCUT2D eigenvalue weighted by Gasteiger charge is 2.15. The molecule has 0 unspecified atom stereocenters. The molecule has 0 spiro atoms. The normalized spacial score (nSPS) is 15.9. The third-order valence-corrected chi connectivity index (χ3v) is 6.33. The summed E-state index contributed by atoms with van der Waals surface area (Å²) in [5.74, 6) is 0. The topological polar surface area (TPSA) is 80.3 Å². The van der Waals surface area contributed by atoms with Gasteiger partial charge in [0.15, 0.2) is 5.65 Å². The second-order valence-corrected chi connectivity index (χ2v) is 8.69. The summed E-state index contributed by atoms with van der Waals surface area (Å²) in [6, 6.07) is 18.7. The van der Waals surface area contributed by atoms with E-state index in [2.05, 4.69) is 46.2 Å². The van der Waals surface area contributed by atoms with Gasteiger partial charge in [-0.25, -0.2) is 9.97 Å². The number of hydrogen-bond acceptors (Lipinski definition) is 6. The summed E-state index contributed by atoms with van der Waals surface area (Å²) in [6.45, 7) is 2.15. The first-order chi connectivity index (χ1) is 16.7. The summed E-state index contributed by atoms with van der Waals surface area (Å²) in [6.07, 6.45) is 11.1. The lowest BCUT2D eigenvalue weighted by Crippen LogP contribution is -2.32. The average Bonchev–Trinajstić information content (AvgIpc) is 2.90. The molecule has 1 fully saturated rings. The molecule has 6 heteroatoms. The Hall–Kier alpha value is -3.90. The van der Waals surface area contributed by atoms with Crippen molar-refractivity contribution in [3.8, 4) is 22.4 Å². The largest absolute Gasteiger partial charge is 0.404 e. The van der Waals surface area contributed by atoms with Gasteiger partial charge in [-0.15, -0.1) is 0 Å². The van der Waals surface area contributed by atoms with Crippen molar-refractivity contribution in [1.82, 2.24) is 19.9 Å². The van der Waals surface area contributed by atoms with E-state index >= 15 is 0 Å². The number of benzene rings is 1. The molecule has 0 saturated carbocycles. The van der Waals surface area contributed by atoms with Crippen LogP contribution in [0.15, 0.2) is 84.4 Å². The number of aromatic nitrogens is 3. The molecule has 0 radical (unpaired) electrons. The molecule has 0 bridgehead atoms. The number of allylic oxidation sites excluding steroid dienone is 1. The van der Waals surface area contributed by atoms with Crippen LogP contribution in [-0.4, -0.2) is 52.2 Å². The van der Waals surface area contributed by atoms with Crippen LogP contribution in [0, 0.1) is 0 Å². The van der Waals surface area contributed by atoms with Gasteiger partial charge in [0, 0.05) is 58.7 Å².